The van der Waals surface area contributed by atoms with E-state index in [1.54, 1.807) is 17.0 Å². The number of halogens is 3. The minimum atomic E-state index is -4.39. The molecule has 5 nitrogen and oxygen atoms in total. The fraction of sp³-hybridized carbons (Fsp3) is 0.300. The summed E-state index contributed by atoms with van der Waals surface area (Å²) in [6.07, 6.45) is -4.24. The first-order valence-electron chi connectivity index (χ1n) is 8.89. The van der Waals surface area contributed by atoms with Crippen LogP contribution in [0.3, 0.4) is 0 Å². The number of alkyl halides is 3. The summed E-state index contributed by atoms with van der Waals surface area (Å²) in [4.78, 5) is 27.0. The van der Waals surface area contributed by atoms with E-state index in [0.717, 1.165) is 16.1 Å². The maximum absolute atomic E-state index is 12.2. The molecule has 0 radical (unpaired) electrons. The van der Waals surface area contributed by atoms with Gasteiger partial charge in [-0.05, 0) is 29.8 Å². The average Bonchev–Trinajstić information content (AvgIpc) is 2.70. The van der Waals surface area contributed by atoms with Gasteiger partial charge in [-0.1, -0.05) is 24.3 Å². The molecule has 1 heterocycles. The van der Waals surface area contributed by atoms with Gasteiger partial charge in [-0.15, -0.1) is 11.8 Å². The van der Waals surface area contributed by atoms with Crippen molar-refractivity contribution in [3.05, 3.63) is 54.1 Å². The number of para-hydroxylation sites is 1. The van der Waals surface area contributed by atoms with Crippen LogP contribution in [0.25, 0.3) is 0 Å². The summed E-state index contributed by atoms with van der Waals surface area (Å²) in [6, 6.07) is 13.6. The quantitative estimate of drug-likeness (QED) is 0.735. The maximum Gasteiger partial charge on any atom is 0.422 e. The fourth-order valence-electron chi connectivity index (χ4n) is 2.77. The molecule has 154 valence electrons. The van der Waals surface area contributed by atoms with Crippen molar-refractivity contribution < 1.29 is 27.5 Å². The summed E-state index contributed by atoms with van der Waals surface area (Å²) in [5, 5.41) is 2.75. The van der Waals surface area contributed by atoms with E-state index in [4.69, 9.17) is 0 Å². The van der Waals surface area contributed by atoms with Crippen molar-refractivity contribution in [2.45, 2.75) is 24.0 Å². The Bertz CT molecular complexity index is 872. The second kappa shape index (κ2) is 9.21. The SMILES string of the molecule is O=C(CCN1C(=O)CSc2ccccc21)NCc1ccc(OCC(F)(F)F)cc1. The minimum absolute atomic E-state index is 0.0315. The number of nitrogens with zero attached hydrogens (tertiary/aromatic N) is 1. The normalized spacial score (nSPS) is 13.8. The van der Waals surface area contributed by atoms with E-state index in [9.17, 15) is 22.8 Å². The molecule has 1 N–H and O–H groups in total. The molecule has 1 aliphatic heterocycles. The van der Waals surface area contributed by atoms with Gasteiger partial charge in [0, 0.05) is 24.4 Å². The number of fused-ring (bicyclic) bond motifs is 1. The molecule has 0 aliphatic carbocycles. The molecule has 0 fully saturated rings. The topological polar surface area (TPSA) is 58.6 Å². The second-order valence-corrected chi connectivity index (χ2v) is 7.39. The van der Waals surface area contributed by atoms with Crippen LogP contribution in [0.1, 0.15) is 12.0 Å². The molecule has 9 heteroatoms. The zero-order valence-electron chi connectivity index (χ0n) is 15.4. The van der Waals surface area contributed by atoms with E-state index < -0.39 is 12.8 Å². The van der Waals surface area contributed by atoms with Crippen molar-refractivity contribution in [2.75, 3.05) is 23.8 Å². The number of anilines is 1. The van der Waals surface area contributed by atoms with Crippen LogP contribution in [-0.2, 0) is 16.1 Å². The van der Waals surface area contributed by atoms with E-state index in [1.807, 2.05) is 24.3 Å². The van der Waals surface area contributed by atoms with Gasteiger partial charge in [-0.2, -0.15) is 13.2 Å². The van der Waals surface area contributed by atoms with Crippen LogP contribution in [0.4, 0.5) is 18.9 Å². The summed E-state index contributed by atoms with van der Waals surface area (Å²) in [5.41, 5.74) is 1.55. The Hall–Kier alpha value is -2.68. The van der Waals surface area contributed by atoms with Crippen LogP contribution < -0.4 is 15.0 Å². The largest absolute Gasteiger partial charge is 0.484 e. The highest BCUT2D eigenvalue weighted by Gasteiger charge is 2.28. The van der Waals surface area contributed by atoms with Gasteiger partial charge in [0.25, 0.3) is 0 Å². The standard InChI is InChI=1S/C20H19F3N2O3S/c21-20(22,23)13-28-15-7-5-14(6-8-15)11-24-18(26)9-10-25-16-3-1-2-4-17(16)29-12-19(25)27/h1-8H,9-13H2,(H,24,26). The molecule has 2 amide bonds. The molecule has 0 unspecified atom stereocenters. The molecule has 0 spiro atoms. The van der Waals surface area contributed by atoms with Crippen molar-refractivity contribution in [3.63, 3.8) is 0 Å². The number of carbonyl (C=O) groups is 2. The van der Waals surface area contributed by atoms with Crippen LogP contribution in [0.2, 0.25) is 0 Å². The molecule has 0 bridgehead atoms. The molecule has 1 aliphatic rings. The zero-order chi connectivity index (χ0) is 20.9. The van der Waals surface area contributed by atoms with Crippen LogP contribution in [0.5, 0.6) is 5.75 Å². The molecule has 2 aromatic carbocycles. The van der Waals surface area contributed by atoms with Gasteiger partial charge in [-0.3, -0.25) is 9.59 Å². The molecule has 0 saturated carbocycles. The first-order chi connectivity index (χ1) is 13.8. The lowest BCUT2D eigenvalue weighted by Crippen LogP contribution is -2.38. The van der Waals surface area contributed by atoms with Crippen LogP contribution in [-0.4, -0.2) is 36.9 Å². The molecule has 0 saturated heterocycles. The summed E-state index contributed by atoms with van der Waals surface area (Å²) in [6.45, 7) is -0.828. The number of thioether (sulfide) groups is 1. The summed E-state index contributed by atoms with van der Waals surface area (Å²) in [7, 11) is 0. The lowest BCUT2D eigenvalue weighted by atomic mass is 10.2. The average molecular weight is 424 g/mol. The number of nitrogens with one attached hydrogen (secondary N) is 1. The third-order valence-electron chi connectivity index (χ3n) is 4.19. The molecule has 0 aromatic heterocycles. The molecule has 29 heavy (non-hydrogen) atoms. The van der Waals surface area contributed by atoms with E-state index in [2.05, 4.69) is 10.1 Å². The smallest absolute Gasteiger partial charge is 0.422 e. The summed E-state index contributed by atoms with van der Waals surface area (Å²) in [5.74, 6) is 0.209. The van der Waals surface area contributed by atoms with Crippen molar-refractivity contribution in [3.8, 4) is 5.75 Å². The number of hydrogen-bond acceptors (Lipinski definition) is 4. The van der Waals surface area contributed by atoms with Gasteiger partial charge in [0.15, 0.2) is 6.61 Å². The number of rotatable bonds is 7. The predicted octanol–water partition coefficient (Wildman–Crippen LogP) is 3.77. The minimum Gasteiger partial charge on any atom is -0.484 e. The molecule has 2 aromatic rings. The van der Waals surface area contributed by atoms with Crippen molar-refractivity contribution >= 4 is 29.3 Å². The number of benzene rings is 2. The Morgan fingerprint density at radius 2 is 1.86 bits per heavy atom. The Balaban J connectivity index is 1.46. The Morgan fingerprint density at radius 3 is 2.59 bits per heavy atom. The van der Waals surface area contributed by atoms with Crippen LogP contribution in [0, 0.1) is 0 Å². The van der Waals surface area contributed by atoms with Crippen molar-refractivity contribution in [2.24, 2.45) is 0 Å². The van der Waals surface area contributed by atoms with Gasteiger partial charge in [0.05, 0.1) is 11.4 Å². The first-order valence-corrected chi connectivity index (χ1v) is 9.88. The Morgan fingerprint density at radius 1 is 1.14 bits per heavy atom. The third kappa shape index (κ3) is 6.15. The number of carbonyl (C=O) groups excluding carboxylic acids is 2. The first kappa shape index (κ1) is 21.0. The van der Waals surface area contributed by atoms with Crippen molar-refractivity contribution in [1.82, 2.24) is 5.32 Å². The molecule has 3 rings (SSSR count). The number of amides is 2. The van der Waals surface area contributed by atoms with Gasteiger partial charge in [0.2, 0.25) is 11.8 Å². The zero-order valence-corrected chi connectivity index (χ0v) is 16.2. The highest BCUT2D eigenvalue weighted by atomic mass is 32.2. The van der Waals surface area contributed by atoms with Crippen LogP contribution in [0.15, 0.2) is 53.4 Å². The Labute approximate surface area is 170 Å². The van der Waals surface area contributed by atoms with E-state index in [1.165, 1.54) is 23.9 Å². The molecular weight excluding hydrogens is 405 g/mol. The summed E-state index contributed by atoms with van der Waals surface area (Å²) < 4.78 is 41.1. The second-order valence-electron chi connectivity index (χ2n) is 6.38. The van der Waals surface area contributed by atoms with Gasteiger partial charge in [0.1, 0.15) is 5.75 Å². The number of ether oxygens (including phenoxy) is 1. The highest BCUT2D eigenvalue weighted by molar-refractivity contribution is 8.00. The van der Waals surface area contributed by atoms with E-state index in [0.29, 0.717) is 5.75 Å². The number of hydrogen-bond donors (Lipinski definition) is 1. The lowest BCUT2D eigenvalue weighted by molar-refractivity contribution is -0.153. The van der Waals surface area contributed by atoms with Crippen molar-refractivity contribution in [1.29, 1.82) is 0 Å². The summed E-state index contributed by atoms with van der Waals surface area (Å²) >= 11 is 1.48. The van der Waals surface area contributed by atoms with Gasteiger partial charge in [-0.25, -0.2) is 0 Å². The van der Waals surface area contributed by atoms with E-state index >= 15 is 0 Å². The van der Waals surface area contributed by atoms with Gasteiger partial charge >= 0.3 is 6.18 Å². The van der Waals surface area contributed by atoms with Gasteiger partial charge < -0.3 is 15.0 Å². The highest BCUT2D eigenvalue weighted by Crippen LogP contribution is 2.34. The predicted molar refractivity (Wildman–Crippen MR) is 104 cm³/mol. The Kier molecular flexibility index (Phi) is 6.68. The van der Waals surface area contributed by atoms with E-state index in [-0.39, 0.29) is 37.1 Å². The monoisotopic (exact) mass is 424 g/mol. The maximum atomic E-state index is 12.2. The third-order valence-corrected chi connectivity index (χ3v) is 5.23. The molecular formula is C20H19F3N2O3S. The van der Waals surface area contributed by atoms with Crippen LogP contribution >= 0.6 is 11.8 Å². The lowest BCUT2D eigenvalue weighted by Gasteiger charge is -2.28. The fourth-order valence-corrected chi connectivity index (χ4v) is 3.71. The molecule has 0 atom stereocenters.